The minimum atomic E-state index is -3.41. The molecule has 1 unspecified atom stereocenters. The summed E-state index contributed by atoms with van der Waals surface area (Å²) >= 11 is 2.00. The van der Waals surface area contributed by atoms with Crippen LogP contribution >= 0.6 is 35.7 Å². The Morgan fingerprint density at radius 3 is 2.79 bits per heavy atom. The molecule has 1 atom stereocenters. The summed E-state index contributed by atoms with van der Waals surface area (Å²) in [6.07, 6.45) is 2.54. The monoisotopic (exact) mass is 484 g/mol. The molecule has 1 aromatic carbocycles. The normalized spacial score (nSPS) is 18.1. The van der Waals surface area contributed by atoms with E-state index in [4.69, 9.17) is 0 Å². The largest absolute Gasteiger partial charge is 0.355 e. The third kappa shape index (κ3) is 6.41. The molecule has 1 aromatic rings. The summed E-state index contributed by atoms with van der Waals surface area (Å²) in [7, 11) is -0.268. The lowest BCUT2D eigenvalue weighted by molar-refractivity contribution is 0.588. The Morgan fingerprint density at radius 2 is 2.17 bits per heavy atom. The predicted molar refractivity (Wildman–Crippen MR) is 112 cm³/mol. The molecule has 0 aliphatic carbocycles. The molecule has 24 heavy (non-hydrogen) atoms. The van der Waals surface area contributed by atoms with Gasteiger partial charge in [-0.2, -0.15) is 11.8 Å². The number of hydrogen-bond acceptors (Lipinski definition) is 4. The summed E-state index contributed by atoms with van der Waals surface area (Å²) in [4.78, 5) is 4.47. The molecule has 9 heteroatoms. The van der Waals surface area contributed by atoms with Crippen molar-refractivity contribution in [3.8, 4) is 0 Å². The van der Waals surface area contributed by atoms with Gasteiger partial charge >= 0.3 is 0 Å². The molecule has 2 rings (SSSR count). The zero-order valence-electron chi connectivity index (χ0n) is 13.9. The third-order valence-corrected chi connectivity index (χ3v) is 6.49. The lowest BCUT2D eigenvalue weighted by Gasteiger charge is -2.15. The Kier molecular flexibility index (Phi) is 9.39. The number of rotatable bonds is 6. The minimum absolute atomic E-state index is 0. The Balaban J connectivity index is 0.00000288. The molecule has 136 valence electrons. The first-order valence-electron chi connectivity index (χ1n) is 7.64. The van der Waals surface area contributed by atoms with Crippen LogP contribution in [0, 0.1) is 0 Å². The maximum absolute atomic E-state index is 11.8. The van der Waals surface area contributed by atoms with Crippen LogP contribution in [0.15, 0.2) is 34.2 Å². The summed E-state index contributed by atoms with van der Waals surface area (Å²) in [6.45, 7) is 1.42. The summed E-state index contributed by atoms with van der Waals surface area (Å²) < 4.78 is 26.0. The van der Waals surface area contributed by atoms with E-state index >= 15 is 0 Å². The van der Waals surface area contributed by atoms with E-state index in [-0.39, 0.29) is 28.9 Å². The van der Waals surface area contributed by atoms with Crippen LogP contribution in [0.25, 0.3) is 0 Å². The predicted octanol–water partition coefficient (Wildman–Crippen LogP) is 1.77. The third-order valence-electron chi connectivity index (χ3n) is 3.68. The van der Waals surface area contributed by atoms with Gasteiger partial charge in [-0.15, -0.1) is 24.0 Å². The van der Waals surface area contributed by atoms with Crippen molar-refractivity contribution in [2.75, 3.05) is 26.4 Å². The zero-order chi connectivity index (χ0) is 16.7. The van der Waals surface area contributed by atoms with E-state index in [1.54, 1.807) is 25.2 Å². The average molecular weight is 484 g/mol. The summed E-state index contributed by atoms with van der Waals surface area (Å²) in [6, 6.07) is 6.88. The maximum atomic E-state index is 11.8. The fourth-order valence-corrected chi connectivity index (χ4v) is 4.36. The highest BCUT2D eigenvalue weighted by Crippen LogP contribution is 2.25. The van der Waals surface area contributed by atoms with Crippen LogP contribution in [0.5, 0.6) is 0 Å². The Bertz CT molecular complexity index is 647. The van der Waals surface area contributed by atoms with Crippen LogP contribution in [-0.2, 0) is 16.6 Å². The molecule has 1 aliphatic heterocycles. The van der Waals surface area contributed by atoms with Gasteiger partial charge in [0.15, 0.2) is 5.96 Å². The van der Waals surface area contributed by atoms with Gasteiger partial charge in [0, 0.05) is 25.4 Å². The number of thioether (sulfide) groups is 1. The second-order valence-corrected chi connectivity index (χ2v) is 8.59. The molecule has 3 N–H and O–H groups in total. The number of nitrogens with zero attached hydrogens (tertiary/aromatic N) is 1. The number of hydrogen-bond donors (Lipinski definition) is 3. The van der Waals surface area contributed by atoms with Crippen molar-refractivity contribution in [3.05, 3.63) is 29.8 Å². The van der Waals surface area contributed by atoms with E-state index in [2.05, 4.69) is 20.3 Å². The highest BCUT2D eigenvalue weighted by molar-refractivity contribution is 14.0. The van der Waals surface area contributed by atoms with Gasteiger partial charge in [-0.1, -0.05) is 12.1 Å². The van der Waals surface area contributed by atoms with Crippen LogP contribution in [-0.4, -0.2) is 46.0 Å². The minimum Gasteiger partial charge on any atom is -0.355 e. The smallest absolute Gasteiger partial charge is 0.240 e. The summed E-state index contributed by atoms with van der Waals surface area (Å²) in [5.74, 6) is 1.98. The zero-order valence-corrected chi connectivity index (χ0v) is 17.9. The average Bonchev–Trinajstić information content (AvgIpc) is 3.09. The number of sulfonamides is 1. The molecule has 0 spiro atoms. The highest BCUT2D eigenvalue weighted by Gasteiger charge is 2.15. The van der Waals surface area contributed by atoms with Gasteiger partial charge in [0.25, 0.3) is 0 Å². The summed E-state index contributed by atoms with van der Waals surface area (Å²) in [5.41, 5.74) is 0.888. The van der Waals surface area contributed by atoms with Crippen molar-refractivity contribution in [2.24, 2.45) is 4.99 Å². The van der Waals surface area contributed by atoms with Crippen LogP contribution in [0.2, 0.25) is 0 Å². The summed E-state index contributed by atoms with van der Waals surface area (Å²) in [5, 5.41) is 7.20. The lowest BCUT2D eigenvalue weighted by Crippen LogP contribution is -2.39. The molecule has 0 aromatic heterocycles. The Morgan fingerprint density at radius 1 is 1.38 bits per heavy atom. The number of halogens is 1. The molecule has 1 aliphatic rings. The Labute approximate surface area is 165 Å². The van der Waals surface area contributed by atoms with Gasteiger partial charge < -0.3 is 10.6 Å². The highest BCUT2D eigenvalue weighted by atomic mass is 127. The Hall–Kier alpha value is -0.520. The van der Waals surface area contributed by atoms with Crippen LogP contribution in [0.4, 0.5) is 0 Å². The van der Waals surface area contributed by atoms with E-state index in [1.807, 2.05) is 17.8 Å². The first-order chi connectivity index (χ1) is 11.0. The molecule has 1 saturated heterocycles. The molecule has 0 radical (unpaired) electrons. The molecule has 0 saturated carbocycles. The fourth-order valence-electron chi connectivity index (χ4n) is 2.36. The number of benzene rings is 1. The number of guanidine groups is 1. The molecular weight excluding hydrogens is 459 g/mol. The van der Waals surface area contributed by atoms with E-state index in [1.165, 1.54) is 25.6 Å². The molecule has 0 amide bonds. The lowest BCUT2D eigenvalue weighted by atomic mass is 10.2. The second kappa shape index (κ2) is 10.5. The van der Waals surface area contributed by atoms with Crippen molar-refractivity contribution < 1.29 is 8.42 Å². The molecule has 6 nitrogen and oxygen atoms in total. The fraction of sp³-hybridized carbons (Fsp3) is 0.533. The first-order valence-corrected chi connectivity index (χ1v) is 10.2. The van der Waals surface area contributed by atoms with Crippen LogP contribution in [0.1, 0.15) is 18.4 Å². The van der Waals surface area contributed by atoms with Crippen molar-refractivity contribution in [2.45, 2.75) is 29.5 Å². The van der Waals surface area contributed by atoms with E-state index in [9.17, 15) is 8.42 Å². The van der Waals surface area contributed by atoms with Crippen molar-refractivity contribution in [3.63, 3.8) is 0 Å². The van der Waals surface area contributed by atoms with Gasteiger partial charge in [-0.05, 0) is 43.3 Å². The van der Waals surface area contributed by atoms with E-state index in [0.29, 0.717) is 11.8 Å². The molecular formula is C15H25IN4O2S2. The van der Waals surface area contributed by atoms with E-state index in [0.717, 1.165) is 18.1 Å². The van der Waals surface area contributed by atoms with Gasteiger partial charge in [-0.25, -0.2) is 13.1 Å². The SMILES string of the molecule is CN=C(NCc1cccc(S(=O)(=O)NC)c1)NCC1CCCS1.I. The van der Waals surface area contributed by atoms with Crippen LogP contribution < -0.4 is 15.4 Å². The van der Waals surface area contributed by atoms with Gasteiger partial charge in [0.1, 0.15) is 0 Å². The van der Waals surface area contributed by atoms with Crippen molar-refractivity contribution in [1.29, 1.82) is 0 Å². The van der Waals surface area contributed by atoms with Gasteiger partial charge in [-0.3, -0.25) is 4.99 Å². The van der Waals surface area contributed by atoms with Crippen molar-refractivity contribution >= 4 is 51.7 Å². The topological polar surface area (TPSA) is 82.6 Å². The quantitative estimate of drug-likeness (QED) is 0.326. The maximum Gasteiger partial charge on any atom is 0.240 e. The molecule has 1 fully saturated rings. The first kappa shape index (κ1) is 21.5. The number of aliphatic imine (C=N–C) groups is 1. The molecule has 1 heterocycles. The second-order valence-electron chi connectivity index (χ2n) is 5.30. The molecule has 0 bridgehead atoms. The number of nitrogens with one attached hydrogen (secondary N) is 3. The van der Waals surface area contributed by atoms with E-state index < -0.39 is 10.0 Å². The van der Waals surface area contributed by atoms with Crippen molar-refractivity contribution in [1.82, 2.24) is 15.4 Å². The van der Waals surface area contributed by atoms with Gasteiger partial charge in [0.2, 0.25) is 10.0 Å². The van der Waals surface area contributed by atoms with Crippen LogP contribution in [0.3, 0.4) is 0 Å². The van der Waals surface area contributed by atoms with Gasteiger partial charge in [0.05, 0.1) is 4.90 Å². The standard InChI is InChI=1S/C15H24N4O2S2.HI/c1-16-15(19-11-13-6-4-8-22-13)18-10-12-5-3-7-14(9-12)23(20,21)17-2;/h3,5,7,9,13,17H,4,6,8,10-11H2,1-2H3,(H2,16,18,19);1H.